The molecule has 5 atom stereocenters. The van der Waals surface area contributed by atoms with Crippen LogP contribution in [0.3, 0.4) is 0 Å². The molecule has 1 aromatic carbocycles. The number of aliphatic hydroxyl groups excluding tert-OH is 3. The number of nitrogen functional groups attached to an aromatic ring is 1. The highest BCUT2D eigenvalue weighted by Crippen LogP contribution is 2.32. The minimum Gasteiger partial charge on any atom is -0.394 e. The zero-order valence-corrected chi connectivity index (χ0v) is 15.9. The first kappa shape index (κ1) is 19.5. The lowest BCUT2D eigenvalue weighted by atomic mass is 10.0. The summed E-state index contributed by atoms with van der Waals surface area (Å²) in [5.74, 6) is 0.740. The highest BCUT2D eigenvalue weighted by atomic mass is 16.6. The lowest BCUT2D eigenvalue weighted by molar-refractivity contribution is -0.0511. The van der Waals surface area contributed by atoms with E-state index in [2.05, 4.69) is 39.3 Å². The molecule has 6 N–H and O–H groups in total. The highest BCUT2D eigenvalue weighted by Gasteiger charge is 2.44. The van der Waals surface area contributed by atoms with Crippen LogP contribution in [0.15, 0.2) is 36.7 Å². The van der Waals surface area contributed by atoms with Crippen molar-refractivity contribution < 1.29 is 20.1 Å². The fourth-order valence-corrected chi connectivity index (χ4v) is 3.46. The number of aromatic nitrogens is 4. The van der Waals surface area contributed by atoms with E-state index in [1.807, 2.05) is 18.2 Å². The van der Waals surface area contributed by atoms with Crippen molar-refractivity contribution in [3.63, 3.8) is 0 Å². The molecule has 0 bridgehead atoms. The van der Waals surface area contributed by atoms with Crippen LogP contribution in [0, 0.1) is 0 Å². The van der Waals surface area contributed by atoms with Crippen LogP contribution in [0.1, 0.15) is 24.6 Å². The van der Waals surface area contributed by atoms with Gasteiger partial charge in [0, 0.05) is 6.54 Å². The summed E-state index contributed by atoms with van der Waals surface area (Å²) in [7, 11) is 0. The van der Waals surface area contributed by atoms with Crippen LogP contribution in [0.5, 0.6) is 0 Å². The Labute approximate surface area is 167 Å². The Morgan fingerprint density at radius 1 is 1.21 bits per heavy atom. The van der Waals surface area contributed by atoms with Crippen molar-refractivity contribution in [2.75, 3.05) is 24.2 Å². The van der Waals surface area contributed by atoms with E-state index in [1.165, 1.54) is 16.5 Å². The molecule has 1 saturated heterocycles. The van der Waals surface area contributed by atoms with E-state index in [9.17, 15) is 15.3 Å². The summed E-state index contributed by atoms with van der Waals surface area (Å²) >= 11 is 0. The van der Waals surface area contributed by atoms with Gasteiger partial charge >= 0.3 is 0 Å². The molecule has 0 aliphatic carbocycles. The van der Waals surface area contributed by atoms with Crippen molar-refractivity contribution >= 4 is 22.9 Å². The predicted octanol–water partition coefficient (Wildman–Crippen LogP) is 0.236. The summed E-state index contributed by atoms with van der Waals surface area (Å²) in [5, 5.41) is 32.8. The zero-order valence-electron chi connectivity index (χ0n) is 15.9. The van der Waals surface area contributed by atoms with E-state index in [1.54, 1.807) is 0 Å². The van der Waals surface area contributed by atoms with Gasteiger partial charge in [0.15, 0.2) is 17.7 Å². The van der Waals surface area contributed by atoms with Gasteiger partial charge < -0.3 is 31.1 Å². The molecule has 2 aromatic heterocycles. The van der Waals surface area contributed by atoms with Gasteiger partial charge in [0.1, 0.15) is 23.8 Å². The van der Waals surface area contributed by atoms with Gasteiger partial charge in [0.25, 0.3) is 0 Å². The normalized spacial score (nSPS) is 25.4. The maximum absolute atomic E-state index is 10.3. The van der Waals surface area contributed by atoms with Gasteiger partial charge in [0.05, 0.1) is 12.9 Å². The van der Waals surface area contributed by atoms with Gasteiger partial charge in [-0.05, 0) is 11.5 Å². The van der Waals surface area contributed by atoms with Crippen LogP contribution in [0.4, 0.5) is 11.8 Å². The van der Waals surface area contributed by atoms with Gasteiger partial charge in [-0.15, -0.1) is 0 Å². The quantitative estimate of drug-likeness (QED) is 0.392. The summed E-state index contributed by atoms with van der Waals surface area (Å²) in [6.45, 7) is 2.27. The number of aliphatic hydroxyl groups is 3. The van der Waals surface area contributed by atoms with Crippen molar-refractivity contribution in [2.45, 2.75) is 37.4 Å². The van der Waals surface area contributed by atoms with Crippen molar-refractivity contribution in [3.05, 3.63) is 42.2 Å². The summed E-state index contributed by atoms with van der Waals surface area (Å²) in [5.41, 5.74) is 7.96. The summed E-state index contributed by atoms with van der Waals surface area (Å²) in [4.78, 5) is 12.9. The average molecular weight is 400 g/mol. The second kappa shape index (κ2) is 7.91. The number of imidazole rings is 1. The lowest BCUT2D eigenvalue weighted by Gasteiger charge is -2.17. The van der Waals surface area contributed by atoms with Gasteiger partial charge in [0.2, 0.25) is 5.95 Å². The number of benzene rings is 1. The molecule has 3 heterocycles. The molecule has 0 spiro atoms. The average Bonchev–Trinajstić information content (AvgIpc) is 3.28. The Balaban J connectivity index is 1.59. The third kappa shape index (κ3) is 3.62. The first-order valence-corrected chi connectivity index (χ1v) is 9.41. The number of nitrogens with two attached hydrogens (primary N) is 1. The fourth-order valence-electron chi connectivity index (χ4n) is 3.46. The van der Waals surface area contributed by atoms with E-state index in [-0.39, 0.29) is 11.7 Å². The van der Waals surface area contributed by atoms with Crippen LogP contribution < -0.4 is 11.1 Å². The third-order valence-electron chi connectivity index (χ3n) is 5.17. The fraction of sp³-hybridized carbons (Fsp3) is 0.421. The maximum atomic E-state index is 10.3. The van der Waals surface area contributed by atoms with Gasteiger partial charge in [-0.2, -0.15) is 9.97 Å². The molecule has 10 heteroatoms. The number of nitrogens with one attached hydrogen (secondary N) is 1. The first-order valence-electron chi connectivity index (χ1n) is 9.41. The Morgan fingerprint density at radius 3 is 2.66 bits per heavy atom. The standard InChI is InChI=1S/C19H24N6O4/c1-10(11-5-3-2-4-6-11)7-21-19-23-16(20)13-17(24-19)25(9-22-13)18-15(28)14(27)12(8-26)29-18/h2-6,9-10,12,14-15,18,26-28H,7-8H2,1H3,(H3,20,21,23,24)/t10?,12-,14-,15-,18-/m1/s1. The molecule has 154 valence electrons. The molecule has 0 radical (unpaired) electrons. The Kier molecular flexibility index (Phi) is 5.33. The third-order valence-corrected chi connectivity index (χ3v) is 5.17. The second-order valence-electron chi connectivity index (χ2n) is 7.18. The van der Waals surface area contributed by atoms with Crippen LogP contribution in [-0.4, -0.2) is 66.3 Å². The summed E-state index contributed by atoms with van der Waals surface area (Å²) < 4.78 is 7.06. The van der Waals surface area contributed by atoms with E-state index in [0.717, 1.165) is 0 Å². The van der Waals surface area contributed by atoms with Crippen LogP contribution >= 0.6 is 0 Å². The Hall–Kier alpha value is -2.79. The number of fused-ring (bicyclic) bond motifs is 1. The topological polar surface area (TPSA) is 152 Å². The second-order valence-corrected chi connectivity index (χ2v) is 7.18. The van der Waals surface area contributed by atoms with E-state index < -0.39 is 31.1 Å². The zero-order chi connectivity index (χ0) is 20.5. The number of hydrogen-bond acceptors (Lipinski definition) is 9. The monoisotopic (exact) mass is 400 g/mol. The van der Waals surface area contributed by atoms with Crippen LogP contribution in [0.2, 0.25) is 0 Å². The molecular weight excluding hydrogens is 376 g/mol. The smallest absolute Gasteiger partial charge is 0.226 e. The number of ether oxygens (including phenoxy) is 1. The Morgan fingerprint density at radius 2 is 1.97 bits per heavy atom. The van der Waals surface area contributed by atoms with E-state index >= 15 is 0 Å². The number of anilines is 2. The minimum atomic E-state index is -1.24. The number of nitrogens with zero attached hydrogens (tertiary/aromatic N) is 4. The summed E-state index contributed by atoms with van der Waals surface area (Å²) in [6.07, 6.45) is -2.87. The van der Waals surface area contributed by atoms with Crippen molar-refractivity contribution in [1.29, 1.82) is 0 Å². The van der Waals surface area contributed by atoms with E-state index in [0.29, 0.717) is 23.7 Å². The van der Waals surface area contributed by atoms with Crippen LogP contribution in [-0.2, 0) is 4.74 Å². The van der Waals surface area contributed by atoms with Gasteiger partial charge in [-0.3, -0.25) is 4.57 Å². The molecule has 1 unspecified atom stereocenters. The Bertz CT molecular complexity index is 981. The molecule has 1 fully saturated rings. The lowest BCUT2D eigenvalue weighted by Crippen LogP contribution is -2.33. The summed E-state index contributed by atoms with van der Waals surface area (Å²) in [6, 6.07) is 10.1. The number of hydrogen-bond donors (Lipinski definition) is 5. The molecule has 3 aromatic rings. The van der Waals surface area contributed by atoms with Crippen molar-refractivity contribution in [2.24, 2.45) is 0 Å². The maximum Gasteiger partial charge on any atom is 0.226 e. The molecule has 29 heavy (non-hydrogen) atoms. The minimum absolute atomic E-state index is 0.190. The largest absolute Gasteiger partial charge is 0.394 e. The first-order chi connectivity index (χ1) is 14.0. The molecule has 10 nitrogen and oxygen atoms in total. The number of rotatable bonds is 6. The SMILES string of the molecule is CC(CNc1nc(N)c2ncn([C@@H]3O[C@H](CO)[C@@H](O)[C@H]3O)c2n1)c1ccccc1. The van der Waals surface area contributed by atoms with Crippen LogP contribution in [0.25, 0.3) is 11.2 Å². The van der Waals surface area contributed by atoms with E-state index in [4.69, 9.17) is 10.5 Å². The molecule has 4 rings (SSSR count). The molecule has 1 aliphatic heterocycles. The van der Waals surface area contributed by atoms with Crippen molar-refractivity contribution in [1.82, 2.24) is 19.5 Å². The van der Waals surface area contributed by atoms with Gasteiger partial charge in [-0.25, -0.2) is 4.98 Å². The molecule has 0 amide bonds. The highest BCUT2D eigenvalue weighted by molar-refractivity contribution is 5.83. The van der Waals surface area contributed by atoms with Gasteiger partial charge in [-0.1, -0.05) is 37.3 Å². The predicted molar refractivity (Wildman–Crippen MR) is 106 cm³/mol. The molecular formula is C19H24N6O4. The molecule has 0 saturated carbocycles. The van der Waals surface area contributed by atoms with Crippen molar-refractivity contribution in [3.8, 4) is 0 Å². The molecule has 1 aliphatic rings.